The predicted octanol–water partition coefficient (Wildman–Crippen LogP) is 6.94. The Balaban J connectivity index is 1.59. The molecule has 0 aliphatic heterocycles. The normalized spacial score (nSPS) is 13.6. The Morgan fingerprint density at radius 3 is 2.60 bits per heavy atom. The number of aromatic nitrogens is 1. The summed E-state index contributed by atoms with van der Waals surface area (Å²) in [7, 11) is 0. The van der Waals surface area contributed by atoms with Gasteiger partial charge in [-0.1, -0.05) is 30.4 Å². The van der Waals surface area contributed by atoms with Crippen molar-refractivity contribution in [1.29, 1.82) is 0 Å². The number of carboxylic acids is 1. The number of hydrogen-bond acceptors (Lipinski definition) is 4. The lowest BCUT2D eigenvalue weighted by Gasteiger charge is -2.13. The zero-order chi connectivity index (χ0) is 28.6. The molecule has 0 spiro atoms. The molecule has 206 valence electrons. The molecule has 0 bridgehead atoms. The Bertz CT molecular complexity index is 1650. The van der Waals surface area contributed by atoms with E-state index in [1.54, 1.807) is 37.3 Å². The van der Waals surface area contributed by atoms with Gasteiger partial charge in [-0.05, 0) is 97.8 Å². The maximum atomic E-state index is 13.8. The monoisotopic (exact) mass is 549 g/mol. The largest absolute Gasteiger partial charge is 0.573 e. The number of halogens is 3. The molecule has 0 unspecified atom stereocenters. The van der Waals surface area contributed by atoms with Gasteiger partial charge in [0.25, 0.3) is 5.91 Å². The Labute approximate surface area is 228 Å². The summed E-state index contributed by atoms with van der Waals surface area (Å²) in [5, 5.41) is 9.61. The number of nitrogens with zero attached hydrogens (tertiary/aromatic N) is 1. The minimum Gasteiger partial charge on any atom is -0.479 e. The fourth-order valence-corrected chi connectivity index (χ4v) is 5.02. The summed E-state index contributed by atoms with van der Waals surface area (Å²) in [6, 6.07) is 16.3. The van der Waals surface area contributed by atoms with Gasteiger partial charge in [-0.15, -0.1) is 13.2 Å². The van der Waals surface area contributed by atoms with Gasteiger partial charge in [-0.25, -0.2) is 4.79 Å². The summed E-state index contributed by atoms with van der Waals surface area (Å²) in [6.07, 6.45) is 0.199. The summed E-state index contributed by atoms with van der Waals surface area (Å²) in [5.74, 6) is -1.46. The van der Waals surface area contributed by atoms with E-state index in [1.165, 1.54) is 29.7 Å². The van der Waals surface area contributed by atoms with Crippen molar-refractivity contribution in [3.63, 3.8) is 0 Å². The highest BCUT2D eigenvalue weighted by molar-refractivity contribution is 6.04. The number of hydrogen-bond donors (Lipinski definition) is 1. The zero-order valence-corrected chi connectivity index (χ0v) is 21.8. The summed E-state index contributed by atoms with van der Waals surface area (Å²) in [6.45, 7) is 3.17. The first kappa shape index (κ1) is 27.1. The van der Waals surface area contributed by atoms with Crippen LogP contribution in [0.15, 0.2) is 66.7 Å². The van der Waals surface area contributed by atoms with Gasteiger partial charge >= 0.3 is 12.3 Å². The summed E-state index contributed by atoms with van der Waals surface area (Å²) >= 11 is 0. The lowest BCUT2D eigenvalue weighted by Crippen LogP contribution is -2.22. The SMILES string of the molecule is Cc1c(Cc2cccc(O[C@@H](C)C(=O)O)c2)c2cc(OC(F)(F)F)ccc2n1C(=O)c1ccc2c(c1)C=CCC2. The molecular weight excluding hydrogens is 523 g/mol. The number of aryl methyl sites for hydroxylation is 1. The highest BCUT2D eigenvalue weighted by atomic mass is 19.4. The van der Waals surface area contributed by atoms with Gasteiger partial charge in [0.1, 0.15) is 11.5 Å². The van der Waals surface area contributed by atoms with Gasteiger partial charge in [-0.2, -0.15) is 0 Å². The zero-order valence-electron chi connectivity index (χ0n) is 21.8. The van der Waals surface area contributed by atoms with E-state index in [-0.39, 0.29) is 12.3 Å². The minimum absolute atomic E-state index is 0.254. The van der Waals surface area contributed by atoms with Crippen LogP contribution >= 0.6 is 0 Å². The number of benzene rings is 3. The van der Waals surface area contributed by atoms with Gasteiger partial charge in [0, 0.05) is 16.6 Å². The molecule has 0 fully saturated rings. The number of fused-ring (bicyclic) bond motifs is 2. The molecule has 0 amide bonds. The fourth-order valence-electron chi connectivity index (χ4n) is 5.02. The highest BCUT2D eigenvalue weighted by Crippen LogP contribution is 2.34. The van der Waals surface area contributed by atoms with Crippen LogP contribution in [0, 0.1) is 6.92 Å². The van der Waals surface area contributed by atoms with Crippen molar-refractivity contribution in [2.24, 2.45) is 0 Å². The number of allylic oxidation sites excluding steroid dienone is 1. The number of alkyl halides is 3. The molecular formula is C31H26F3NO5. The predicted molar refractivity (Wildman–Crippen MR) is 144 cm³/mol. The quantitative estimate of drug-likeness (QED) is 0.270. The molecule has 0 saturated heterocycles. The van der Waals surface area contributed by atoms with Crippen molar-refractivity contribution in [3.8, 4) is 11.5 Å². The van der Waals surface area contributed by atoms with Crippen LogP contribution in [0.5, 0.6) is 11.5 Å². The van der Waals surface area contributed by atoms with Crippen LogP contribution in [-0.2, 0) is 17.6 Å². The first-order chi connectivity index (χ1) is 19.0. The number of aliphatic carboxylic acids is 1. The Morgan fingerprint density at radius 2 is 1.85 bits per heavy atom. The molecule has 9 heteroatoms. The molecule has 0 saturated carbocycles. The number of rotatable bonds is 7. The molecule has 1 aliphatic rings. The number of ether oxygens (including phenoxy) is 2. The second kappa shape index (κ2) is 10.6. The molecule has 1 heterocycles. The van der Waals surface area contributed by atoms with E-state index in [9.17, 15) is 22.8 Å². The van der Waals surface area contributed by atoms with Gasteiger partial charge in [0.2, 0.25) is 0 Å². The van der Waals surface area contributed by atoms with Crippen LogP contribution < -0.4 is 9.47 Å². The molecule has 6 nitrogen and oxygen atoms in total. The van der Waals surface area contributed by atoms with Crippen LogP contribution in [-0.4, -0.2) is 34.0 Å². The molecule has 0 radical (unpaired) electrons. The fraction of sp³-hybridized carbons (Fsp3) is 0.226. The average molecular weight is 550 g/mol. The molecule has 3 aromatic carbocycles. The third-order valence-electron chi connectivity index (χ3n) is 6.95. The van der Waals surface area contributed by atoms with Crippen molar-refractivity contribution in [2.75, 3.05) is 0 Å². The smallest absolute Gasteiger partial charge is 0.479 e. The van der Waals surface area contributed by atoms with Crippen molar-refractivity contribution >= 4 is 28.9 Å². The third-order valence-corrected chi connectivity index (χ3v) is 6.95. The second-order valence-electron chi connectivity index (χ2n) is 9.71. The van der Waals surface area contributed by atoms with Crippen molar-refractivity contribution in [2.45, 2.75) is 45.6 Å². The Morgan fingerprint density at radius 1 is 1.05 bits per heavy atom. The minimum atomic E-state index is -4.87. The van der Waals surface area contributed by atoms with E-state index < -0.39 is 24.2 Å². The molecule has 1 aliphatic carbocycles. The van der Waals surface area contributed by atoms with Crippen LogP contribution in [0.3, 0.4) is 0 Å². The molecule has 5 rings (SSSR count). The van der Waals surface area contributed by atoms with Crippen LogP contribution in [0.25, 0.3) is 17.0 Å². The number of carbonyl (C=O) groups is 2. The van der Waals surface area contributed by atoms with Crippen LogP contribution in [0.1, 0.15) is 51.7 Å². The first-order valence-electron chi connectivity index (χ1n) is 12.7. The van der Waals surface area contributed by atoms with Crippen LogP contribution in [0.2, 0.25) is 0 Å². The van der Waals surface area contributed by atoms with Gasteiger partial charge in [0.05, 0.1) is 5.52 Å². The van der Waals surface area contributed by atoms with Gasteiger partial charge in [0.15, 0.2) is 6.10 Å². The third kappa shape index (κ3) is 5.59. The van der Waals surface area contributed by atoms with E-state index in [4.69, 9.17) is 9.84 Å². The first-order valence-corrected chi connectivity index (χ1v) is 12.7. The molecule has 1 aromatic heterocycles. The van der Waals surface area contributed by atoms with Gasteiger partial charge < -0.3 is 14.6 Å². The topological polar surface area (TPSA) is 77.8 Å². The Kier molecular flexibility index (Phi) is 7.14. The number of carbonyl (C=O) groups excluding carboxylic acids is 1. The standard InChI is InChI=1S/C31H26F3NO5/c1-18-26(15-20-6-5-9-24(14-20)39-19(2)30(37)38)27-17-25(40-31(32,33)34)12-13-28(27)35(18)29(36)23-11-10-21-7-3-4-8-22(21)16-23/h4-6,8-14,16-17,19H,3,7,15H2,1-2H3,(H,37,38)/t19-/m0/s1. The van der Waals surface area contributed by atoms with Crippen molar-refractivity contribution < 1.29 is 37.3 Å². The molecule has 1 N–H and O–H groups in total. The van der Waals surface area contributed by atoms with E-state index in [0.717, 1.165) is 29.5 Å². The van der Waals surface area contributed by atoms with Crippen molar-refractivity contribution in [1.82, 2.24) is 4.57 Å². The van der Waals surface area contributed by atoms with Gasteiger partial charge in [-0.3, -0.25) is 9.36 Å². The summed E-state index contributed by atoms with van der Waals surface area (Å²) in [4.78, 5) is 25.0. The second-order valence-corrected chi connectivity index (χ2v) is 9.71. The lowest BCUT2D eigenvalue weighted by atomic mass is 9.95. The maximum absolute atomic E-state index is 13.8. The van der Waals surface area contributed by atoms with E-state index in [2.05, 4.69) is 10.8 Å². The lowest BCUT2D eigenvalue weighted by molar-refractivity contribution is -0.274. The Hall–Kier alpha value is -4.53. The maximum Gasteiger partial charge on any atom is 0.573 e. The van der Waals surface area contributed by atoms with Crippen LogP contribution in [0.4, 0.5) is 13.2 Å². The summed E-state index contributed by atoms with van der Waals surface area (Å²) < 4.78 is 50.3. The van der Waals surface area contributed by atoms with E-state index >= 15 is 0 Å². The molecule has 1 atom stereocenters. The van der Waals surface area contributed by atoms with E-state index in [1.807, 2.05) is 18.2 Å². The number of carboxylic acid groups (broad SMARTS) is 1. The van der Waals surface area contributed by atoms with Crippen molar-refractivity contribution in [3.05, 3.63) is 100 Å². The average Bonchev–Trinajstić information content (AvgIpc) is 3.17. The molecule has 4 aromatic rings. The van der Waals surface area contributed by atoms with E-state index in [0.29, 0.717) is 33.5 Å². The highest BCUT2D eigenvalue weighted by Gasteiger charge is 2.31. The summed E-state index contributed by atoms with van der Waals surface area (Å²) in [5.41, 5.74) is 4.98. The molecule has 40 heavy (non-hydrogen) atoms.